The number of hydrogen-bond acceptors (Lipinski definition) is 7. The molecule has 8 nitrogen and oxygen atoms in total. The molecular weight excluding hydrogens is 300 g/mol. The van der Waals surface area contributed by atoms with E-state index in [4.69, 9.17) is 20.9 Å². The second-order valence-electron chi connectivity index (χ2n) is 4.49. The van der Waals surface area contributed by atoms with Gasteiger partial charge in [0, 0.05) is 29.3 Å². The van der Waals surface area contributed by atoms with Crippen LogP contribution in [0.5, 0.6) is 0 Å². The van der Waals surface area contributed by atoms with Crippen molar-refractivity contribution in [2.75, 3.05) is 19.8 Å². The highest BCUT2D eigenvalue weighted by Gasteiger charge is 2.22. The molecule has 3 rings (SSSR count). The zero-order chi connectivity index (χ0) is 14.8. The van der Waals surface area contributed by atoms with E-state index in [-0.39, 0.29) is 22.6 Å². The molecule has 1 aliphatic heterocycles. The number of nitro benzene ring substituents is 1. The van der Waals surface area contributed by atoms with E-state index < -0.39 is 4.92 Å². The molecule has 110 valence electrons. The van der Waals surface area contributed by atoms with Crippen molar-refractivity contribution in [2.24, 2.45) is 0 Å². The summed E-state index contributed by atoms with van der Waals surface area (Å²) in [5.41, 5.74) is 0.279. The highest BCUT2D eigenvalue weighted by atomic mass is 35.5. The molecule has 1 N–H and O–H groups in total. The normalized spacial score (nSPS) is 18.6. The minimum atomic E-state index is -0.525. The highest BCUT2D eigenvalue weighted by molar-refractivity contribution is 6.31. The maximum Gasteiger partial charge on any atom is 0.271 e. The highest BCUT2D eigenvalue weighted by Crippen LogP contribution is 2.28. The summed E-state index contributed by atoms with van der Waals surface area (Å²) in [6.07, 6.45) is 0. The summed E-state index contributed by atoms with van der Waals surface area (Å²) in [7, 11) is 0. The van der Waals surface area contributed by atoms with Crippen LogP contribution in [0.2, 0.25) is 5.02 Å². The molecule has 1 unspecified atom stereocenters. The lowest BCUT2D eigenvalue weighted by Gasteiger charge is -2.20. The number of halogens is 1. The first-order valence-electron chi connectivity index (χ1n) is 6.23. The summed E-state index contributed by atoms with van der Waals surface area (Å²) in [6.45, 7) is 1.80. The van der Waals surface area contributed by atoms with Gasteiger partial charge in [-0.05, 0) is 6.07 Å². The molecule has 0 aliphatic carbocycles. The van der Waals surface area contributed by atoms with Crippen molar-refractivity contribution < 1.29 is 14.2 Å². The molecule has 1 aliphatic rings. The molecule has 2 aromatic rings. The molecule has 2 heterocycles. The third kappa shape index (κ3) is 3.02. The Morgan fingerprint density at radius 1 is 1.43 bits per heavy atom. The van der Waals surface area contributed by atoms with Crippen LogP contribution in [-0.4, -0.2) is 34.8 Å². The molecular formula is C12H11ClN4O4. The van der Waals surface area contributed by atoms with Crippen LogP contribution in [0.15, 0.2) is 22.7 Å². The van der Waals surface area contributed by atoms with Gasteiger partial charge in [0.05, 0.1) is 24.2 Å². The van der Waals surface area contributed by atoms with E-state index in [9.17, 15) is 10.1 Å². The second kappa shape index (κ2) is 5.76. The molecule has 1 fully saturated rings. The van der Waals surface area contributed by atoms with Crippen molar-refractivity contribution in [3.8, 4) is 11.5 Å². The maximum atomic E-state index is 10.8. The molecule has 9 heteroatoms. The van der Waals surface area contributed by atoms with Crippen LogP contribution in [0.25, 0.3) is 11.5 Å². The molecule has 0 radical (unpaired) electrons. The van der Waals surface area contributed by atoms with Gasteiger partial charge in [-0.1, -0.05) is 16.8 Å². The minimum absolute atomic E-state index is 0.128. The van der Waals surface area contributed by atoms with Crippen molar-refractivity contribution in [1.82, 2.24) is 15.5 Å². The molecule has 0 bridgehead atoms. The molecule has 1 aromatic heterocycles. The largest absolute Gasteiger partial charge is 0.378 e. The predicted molar refractivity (Wildman–Crippen MR) is 73.0 cm³/mol. The lowest BCUT2D eigenvalue weighted by molar-refractivity contribution is -0.384. The number of hydrogen-bond donors (Lipinski definition) is 1. The molecule has 1 atom stereocenters. The van der Waals surface area contributed by atoms with Gasteiger partial charge in [0.2, 0.25) is 0 Å². The number of nitrogens with zero attached hydrogens (tertiary/aromatic N) is 3. The first kappa shape index (κ1) is 13.9. The van der Waals surface area contributed by atoms with Gasteiger partial charge in [-0.3, -0.25) is 10.1 Å². The molecule has 0 amide bonds. The Morgan fingerprint density at radius 3 is 3.00 bits per heavy atom. The molecule has 1 saturated heterocycles. The fourth-order valence-corrected chi connectivity index (χ4v) is 2.26. The molecule has 0 spiro atoms. The number of rotatable bonds is 3. The van der Waals surface area contributed by atoms with Crippen molar-refractivity contribution in [1.29, 1.82) is 0 Å². The van der Waals surface area contributed by atoms with E-state index in [0.29, 0.717) is 31.1 Å². The summed E-state index contributed by atoms with van der Waals surface area (Å²) < 4.78 is 10.5. The number of aromatic nitrogens is 2. The predicted octanol–water partition coefficient (Wildman–Crippen LogP) is 1.96. The van der Waals surface area contributed by atoms with E-state index in [2.05, 4.69) is 15.5 Å². The van der Waals surface area contributed by atoms with Crippen molar-refractivity contribution in [2.45, 2.75) is 6.04 Å². The summed E-state index contributed by atoms with van der Waals surface area (Å²) in [4.78, 5) is 14.6. The van der Waals surface area contributed by atoms with E-state index in [1.54, 1.807) is 0 Å². The number of nitro groups is 1. The fourth-order valence-electron chi connectivity index (χ4n) is 2.03. The third-order valence-electron chi connectivity index (χ3n) is 3.02. The van der Waals surface area contributed by atoms with E-state index in [1.165, 1.54) is 18.2 Å². The van der Waals surface area contributed by atoms with Crippen molar-refractivity contribution in [3.05, 3.63) is 39.2 Å². The number of ether oxygens (including phenoxy) is 1. The first-order valence-corrected chi connectivity index (χ1v) is 6.61. The van der Waals surface area contributed by atoms with Crippen LogP contribution in [-0.2, 0) is 4.74 Å². The lowest BCUT2D eigenvalue weighted by Crippen LogP contribution is -2.35. The summed E-state index contributed by atoms with van der Waals surface area (Å²) in [5, 5.41) is 18.2. The number of benzene rings is 1. The Bertz CT molecular complexity index is 669. The topological polar surface area (TPSA) is 103 Å². The number of nitrogens with one attached hydrogen (secondary N) is 1. The van der Waals surface area contributed by atoms with Gasteiger partial charge in [0.25, 0.3) is 11.6 Å². The quantitative estimate of drug-likeness (QED) is 0.682. The van der Waals surface area contributed by atoms with E-state index >= 15 is 0 Å². The lowest BCUT2D eigenvalue weighted by atomic mass is 10.2. The van der Waals surface area contributed by atoms with Crippen LogP contribution in [0, 0.1) is 10.1 Å². The maximum absolute atomic E-state index is 10.8. The van der Waals surface area contributed by atoms with Crippen LogP contribution in [0.3, 0.4) is 0 Å². The Labute approximate surface area is 124 Å². The van der Waals surface area contributed by atoms with Gasteiger partial charge in [0.1, 0.15) is 0 Å². The Kier molecular flexibility index (Phi) is 3.82. The van der Waals surface area contributed by atoms with Gasteiger partial charge in [-0.15, -0.1) is 0 Å². The van der Waals surface area contributed by atoms with Crippen LogP contribution in [0.4, 0.5) is 5.69 Å². The van der Waals surface area contributed by atoms with Crippen molar-refractivity contribution >= 4 is 17.3 Å². The summed E-state index contributed by atoms with van der Waals surface area (Å²) in [5.74, 6) is 0.635. The number of non-ortho nitro benzene ring substituents is 1. The van der Waals surface area contributed by atoms with E-state index in [0.717, 1.165) is 0 Å². The Hall–Kier alpha value is -2.03. The summed E-state index contributed by atoms with van der Waals surface area (Å²) in [6, 6.07) is 3.99. The Balaban J connectivity index is 1.90. The van der Waals surface area contributed by atoms with Crippen LogP contribution >= 0.6 is 11.6 Å². The zero-order valence-corrected chi connectivity index (χ0v) is 11.5. The summed E-state index contributed by atoms with van der Waals surface area (Å²) >= 11 is 5.87. The van der Waals surface area contributed by atoms with Crippen LogP contribution < -0.4 is 5.32 Å². The van der Waals surface area contributed by atoms with E-state index in [1.807, 2.05) is 0 Å². The van der Waals surface area contributed by atoms with Gasteiger partial charge < -0.3 is 14.6 Å². The average Bonchev–Trinajstić information content (AvgIpc) is 2.97. The molecule has 1 aromatic carbocycles. The van der Waals surface area contributed by atoms with Gasteiger partial charge >= 0.3 is 0 Å². The zero-order valence-electron chi connectivity index (χ0n) is 10.8. The second-order valence-corrected chi connectivity index (χ2v) is 4.93. The van der Waals surface area contributed by atoms with Crippen LogP contribution in [0.1, 0.15) is 11.9 Å². The van der Waals surface area contributed by atoms with Crippen molar-refractivity contribution in [3.63, 3.8) is 0 Å². The van der Waals surface area contributed by atoms with Gasteiger partial charge in [0.15, 0.2) is 5.82 Å². The third-order valence-corrected chi connectivity index (χ3v) is 3.23. The SMILES string of the molecule is O=[N+]([O-])c1cc(Cl)cc(-c2nc(C3COCCN3)no2)c1. The Morgan fingerprint density at radius 2 is 2.29 bits per heavy atom. The molecule has 21 heavy (non-hydrogen) atoms. The minimum Gasteiger partial charge on any atom is -0.378 e. The monoisotopic (exact) mass is 310 g/mol. The first-order chi connectivity index (χ1) is 10.1. The van der Waals surface area contributed by atoms with Gasteiger partial charge in [-0.25, -0.2) is 0 Å². The molecule has 0 saturated carbocycles. The fraction of sp³-hybridized carbons (Fsp3) is 0.333. The standard InChI is InChI=1S/C12H11ClN4O4/c13-8-3-7(4-9(5-8)17(18)19)12-15-11(16-21-12)10-6-20-2-1-14-10/h3-5,10,14H,1-2,6H2. The van der Waals surface area contributed by atoms with Gasteiger partial charge in [-0.2, -0.15) is 4.98 Å². The average molecular weight is 311 g/mol. The number of morpholine rings is 1. The smallest absolute Gasteiger partial charge is 0.271 e.